The number of hydrogen-bond donors (Lipinski definition) is 0. The van der Waals surface area contributed by atoms with Crippen LogP contribution in [0.25, 0.3) is 0 Å². The zero-order chi connectivity index (χ0) is 24.9. The van der Waals surface area contributed by atoms with E-state index in [0.29, 0.717) is 12.5 Å². The lowest BCUT2D eigenvalue weighted by Crippen LogP contribution is -2.38. The minimum atomic E-state index is -0.186. The summed E-state index contributed by atoms with van der Waals surface area (Å²) in [6.07, 6.45) is 1.30. The molecule has 0 spiro atoms. The fourth-order valence-corrected chi connectivity index (χ4v) is 4.58. The van der Waals surface area contributed by atoms with Crippen LogP contribution in [0.1, 0.15) is 38.3 Å². The highest BCUT2D eigenvalue weighted by molar-refractivity contribution is 9.10. The standard InChI is InChI=1S/C28H37BrO5/c1-7-11-21(3)27(34-19-30-4)25(31-5)15-20(2)14-23-16-24(29)17-26(28(23)32-6)33-18-22-12-9-8-10-13-22/h8-10,12-13,16-17,20-21,25,27H,14-15,18-19H2,1-6H3/t20-,21?,25+,27-/m1/s1. The molecule has 2 aromatic carbocycles. The predicted octanol–water partition coefficient (Wildman–Crippen LogP) is 6.27. The SMILES string of the molecule is CC#CC(C)[C@@H](OCOC)[C@H](C[C@H](C)Cc1cc(Br)cc(OCc2ccccc2)c1OC)OC. The van der Waals surface area contributed by atoms with Crippen molar-refractivity contribution in [1.82, 2.24) is 0 Å². The molecule has 2 rings (SSSR count). The Morgan fingerprint density at radius 1 is 1.03 bits per heavy atom. The van der Waals surface area contributed by atoms with Crippen molar-refractivity contribution in [3.05, 3.63) is 58.1 Å². The lowest BCUT2D eigenvalue weighted by molar-refractivity contribution is -0.135. The van der Waals surface area contributed by atoms with Crippen LogP contribution in [0.15, 0.2) is 46.9 Å². The van der Waals surface area contributed by atoms with Crippen molar-refractivity contribution in [3.63, 3.8) is 0 Å². The van der Waals surface area contributed by atoms with Crippen LogP contribution in [-0.4, -0.2) is 40.3 Å². The van der Waals surface area contributed by atoms with Crippen molar-refractivity contribution >= 4 is 15.9 Å². The summed E-state index contributed by atoms with van der Waals surface area (Å²) >= 11 is 3.64. The molecule has 0 heterocycles. The normalized spacial score (nSPS) is 14.4. The van der Waals surface area contributed by atoms with Crippen LogP contribution in [0.3, 0.4) is 0 Å². The molecule has 186 valence electrons. The van der Waals surface area contributed by atoms with Gasteiger partial charge in [-0.2, -0.15) is 0 Å². The summed E-state index contributed by atoms with van der Waals surface area (Å²) in [7, 11) is 5.03. The molecule has 34 heavy (non-hydrogen) atoms. The Hall–Kier alpha value is -2.04. The lowest BCUT2D eigenvalue weighted by Gasteiger charge is -2.30. The largest absolute Gasteiger partial charge is 0.493 e. The molecule has 6 heteroatoms. The van der Waals surface area contributed by atoms with Crippen molar-refractivity contribution in [2.24, 2.45) is 11.8 Å². The molecule has 0 amide bonds. The number of ether oxygens (including phenoxy) is 5. The Labute approximate surface area is 213 Å². The average molecular weight is 534 g/mol. The van der Waals surface area contributed by atoms with Crippen LogP contribution < -0.4 is 9.47 Å². The quantitative estimate of drug-likeness (QED) is 0.212. The van der Waals surface area contributed by atoms with Gasteiger partial charge in [0.2, 0.25) is 0 Å². The number of hydrogen-bond acceptors (Lipinski definition) is 5. The second-order valence-electron chi connectivity index (χ2n) is 8.41. The molecule has 0 aromatic heterocycles. The zero-order valence-corrected chi connectivity index (χ0v) is 22.7. The molecule has 0 aliphatic carbocycles. The van der Waals surface area contributed by atoms with Gasteiger partial charge in [0, 0.05) is 24.6 Å². The maximum Gasteiger partial charge on any atom is 0.164 e. The van der Waals surface area contributed by atoms with Crippen LogP contribution in [-0.2, 0) is 27.2 Å². The van der Waals surface area contributed by atoms with E-state index in [0.717, 1.165) is 39.9 Å². The molecular weight excluding hydrogens is 496 g/mol. The van der Waals surface area contributed by atoms with Crippen LogP contribution >= 0.6 is 15.9 Å². The molecule has 5 nitrogen and oxygen atoms in total. The van der Waals surface area contributed by atoms with Gasteiger partial charge in [0.25, 0.3) is 0 Å². The molecular formula is C28H37BrO5. The topological polar surface area (TPSA) is 46.2 Å². The molecule has 2 aromatic rings. The molecule has 0 aliphatic rings. The van der Waals surface area contributed by atoms with Gasteiger partial charge in [-0.25, -0.2) is 0 Å². The maximum absolute atomic E-state index is 6.13. The van der Waals surface area contributed by atoms with E-state index in [1.807, 2.05) is 43.3 Å². The zero-order valence-electron chi connectivity index (χ0n) is 21.1. The van der Waals surface area contributed by atoms with Gasteiger partial charge in [-0.1, -0.05) is 59.1 Å². The van der Waals surface area contributed by atoms with E-state index in [-0.39, 0.29) is 24.9 Å². The molecule has 1 unspecified atom stereocenters. The minimum Gasteiger partial charge on any atom is -0.493 e. The van der Waals surface area contributed by atoms with Crippen LogP contribution in [0.4, 0.5) is 0 Å². The third kappa shape index (κ3) is 8.63. The molecule has 0 N–H and O–H groups in total. The van der Waals surface area contributed by atoms with E-state index in [1.165, 1.54) is 0 Å². The van der Waals surface area contributed by atoms with Gasteiger partial charge in [-0.3, -0.25) is 0 Å². The molecule has 0 bridgehead atoms. The predicted molar refractivity (Wildman–Crippen MR) is 139 cm³/mol. The summed E-state index contributed by atoms with van der Waals surface area (Å²) in [6.45, 7) is 6.78. The van der Waals surface area contributed by atoms with E-state index in [4.69, 9.17) is 23.7 Å². The smallest absolute Gasteiger partial charge is 0.164 e. The van der Waals surface area contributed by atoms with E-state index < -0.39 is 0 Å². The Morgan fingerprint density at radius 3 is 2.38 bits per heavy atom. The summed E-state index contributed by atoms with van der Waals surface area (Å²) in [5.74, 6) is 7.99. The number of halogens is 1. The number of methoxy groups -OCH3 is 3. The molecule has 0 fully saturated rings. The van der Waals surface area contributed by atoms with Gasteiger partial charge in [0.05, 0.1) is 19.3 Å². The van der Waals surface area contributed by atoms with E-state index in [2.05, 4.69) is 47.7 Å². The Morgan fingerprint density at radius 2 is 1.76 bits per heavy atom. The first-order valence-corrected chi connectivity index (χ1v) is 12.3. The Kier molecular flexibility index (Phi) is 12.5. The number of benzene rings is 2. The molecule has 0 saturated carbocycles. The Balaban J connectivity index is 2.16. The first kappa shape index (κ1) is 28.2. The van der Waals surface area contributed by atoms with Crippen LogP contribution in [0, 0.1) is 23.7 Å². The highest BCUT2D eigenvalue weighted by Gasteiger charge is 2.29. The second kappa shape index (κ2) is 15.1. The van der Waals surface area contributed by atoms with Crippen molar-refractivity contribution < 1.29 is 23.7 Å². The van der Waals surface area contributed by atoms with Gasteiger partial charge in [0.15, 0.2) is 11.5 Å². The third-order valence-electron chi connectivity index (χ3n) is 5.65. The van der Waals surface area contributed by atoms with Gasteiger partial charge < -0.3 is 23.7 Å². The first-order chi connectivity index (χ1) is 16.4. The molecule has 4 atom stereocenters. The van der Waals surface area contributed by atoms with Crippen molar-refractivity contribution in [3.8, 4) is 23.3 Å². The lowest BCUT2D eigenvalue weighted by atomic mass is 9.89. The second-order valence-corrected chi connectivity index (χ2v) is 9.33. The van der Waals surface area contributed by atoms with E-state index in [1.54, 1.807) is 21.3 Å². The van der Waals surface area contributed by atoms with Crippen LogP contribution in [0.5, 0.6) is 11.5 Å². The molecule has 0 aliphatic heterocycles. The van der Waals surface area contributed by atoms with Gasteiger partial charge >= 0.3 is 0 Å². The van der Waals surface area contributed by atoms with Crippen LogP contribution in [0.2, 0.25) is 0 Å². The summed E-state index contributed by atoms with van der Waals surface area (Å²) < 4.78 is 29.8. The van der Waals surface area contributed by atoms with E-state index in [9.17, 15) is 0 Å². The highest BCUT2D eigenvalue weighted by Crippen LogP contribution is 2.37. The maximum atomic E-state index is 6.13. The van der Waals surface area contributed by atoms with Crippen molar-refractivity contribution in [2.75, 3.05) is 28.1 Å². The van der Waals surface area contributed by atoms with Crippen molar-refractivity contribution in [1.29, 1.82) is 0 Å². The monoisotopic (exact) mass is 532 g/mol. The average Bonchev–Trinajstić information content (AvgIpc) is 2.82. The van der Waals surface area contributed by atoms with E-state index >= 15 is 0 Å². The summed E-state index contributed by atoms with van der Waals surface area (Å²) in [6, 6.07) is 14.1. The molecule has 0 radical (unpaired) electrons. The van der Waals surface area contributed by atoms with Gasteiger partial charge in [0.1, 0.15) is 13.4 Å². The summed E-state index contributed by atoms with van der Waals surface area (Å²) in [4.78, 5) is 0. The fourth-order valence-electron chi connectivity index (χ4n) is 4.10. The first-order valence-electron chi connectivity index (χ1n) is 11.5. The third-order valence-corrected chi connectivity index (χ3v) is 6.11. The summed E-state index contributed by atoms with van der Waals surface area (Å²) in [5, 5.41) is 0. The Bertz CT molecular complexity index is 922. The van der Waals surface area contributed by atoms with Gasteiger partial charge in [-0.15, -0.1) is 5.92 Å². The summed E-state index contributed by atoms with van der Waals surface area (Å²) in [5.41, 5.74) is 2.19. The molecule has 0 saturated heterocycles. The number of rotatable bonds is 14. The minimum absolute atomic E-state index is 0.0238. The highest BCUT2D eigenvalue weighted by atomic mass is 79.9. The van der Waals surface area contributed by atoms with Crippen molar-refractivity contribution in [2.45, 2.75) is 52.4 Å². The van der Waals surface area contributed by atoms with Gasteiger partial charge in [-0.05, 0) is 55.9 Å². The fraction of sp³-hybridized carbons (Fsp3) is 0.500.